The lowest BCUT2D eigenvalue weighted by molar-refractivity contribution is -0.117. The molecule has 0 radical (unpaired) electrons. The zero-order valence-electron chi connectivity index (χ0n) is 15.8. The van der Waals surface area contributed by atoms with Gasteiger partial charge < -0.3 is 14.8 Å². The molecule has 0 aliphatic heterocycles. The van der Waals surface area contributed by atoms with E-state index in [4.69, 9.17) is 0 Å². The van der Waals surface area contributed by atoms with Crippen molar-refractivity contribution >= 4 is 34.3 Å². The van der Waals surface area contributed by atoms with Crippen LogP contribution in [0.25, 0.3) is 11.0 Å². The summed E-state index contributed by atoms with van der Waals surface area (Å²) >= 11 is 0. The van der Waals surface area contributed by atoms with E-state index in [1.807, 2.05) is 20.0 Å². The van der Waals surface area contributed by atoms with E-state index < -0.39 is 23.9 Å². The van der Waals surface area contributed by atoms with E-state index >= 15 is 0 Å². The summed E-state index contributed by atoms with van der Waals surface area (Å²) in [5.74, 6) is -0.806. The fraction of sp³-hybridized carbons (Fsp3) is 0.368. The second-order valence-electron chi connectivity index (χ2n) is 6.91. The monoisotopic (exact) mass is 386 g/mol. The molecule has 0 bridgehead atoms. The Morgan fingerprint density at radius 2 is 2.18 bits per heavy atom. The smallest absolute Gasteiger partial charge is 0.231 e. The van der Waals surface area contributed by atoms with Crippen molar-refractivity contribution in [3.05, 3.63) is 36.2 Å². The number of fused-ring (bicyclic) bond motifs is 1. The highest BCUT2D eigenvalue weighted by Crippen LogP contribution is 2.36. The molecule has 0 unspecified atom stereocenters. The maximum atomic E-state index is 14.1. The highest BCUT2D eigenvalue weighted by Gasteiger charge is 2.44. The number of carbonyl (C=O) groups excluding carboxylic acids is 1. The number of aromatic nitrogens is 4. The zero-order chi connectivity index (χ0) is 20.0. The van der Waals surface area contributed by atoms with Crippen LogP contribution in [0.5, 0.6) is 0 Å². The minimum atomic E-state index is -1.10. The summed E-state index contributed by atoms with van der Waals surface area (Å²) in [7, 11) is 3.59. The Hall–Kier alpha value is -3.10. The van der Waals surface area contributed by atoms with Gasteiger partial charge in [0, 0.05) is 31.9 Å². The Kier molecular flexibility index (Phi) is 4.44. The minimum absolute atomic E-state index is 0.229. The number of rotatable bonds is 5. The molecule has 1 fully saturated rings. The van der Waals surface area contributed by atoms with Gasteiger partial charge in [-0.25, -0.2) is 19.3 Å². The SMILES string of the molecule is CCc1c(N(C)c2cc3c(ncn3C)c(NC(=O)[C@H]3C[C@H]3F)n2)ccnc1F. The third-order valence-electron chi connectivity index (χ3n) is 5.03. The number of hydrogen-bond acceptors (Lipinski definition) is 5. The standard InChI is InChI=1S/C19H20F2N6O/c1-4-10-13(5-6-22-17(10)21)27(3)15-8-14-16(23-9-26(14)2)18(24-15)25-19(28)11-7-12(11)20/h5-6,8-9,11-12H,4,7H2,1-3H3,(H,24,25,28)/t11-,12+/m0/s1. The number of aryl methyl sites for hydroxylation is 1. The lowest BCUT2D eigenvalue weighted by atomic mass is 10.1. The van der Waals surface area contributed by atoms with Gasteiger partial charge in [0.05, 0.1) is 23.4 Å². The Labute approximate surface area is 160 Å². The lowest BCUT2D eigenvalue weighted by Crippen LogP contribution is -2.19. The van der Waals surface area contributed by atoms with Crippen molar-refractivity contribution < 1.29 is 13.6 Å². The molecule has 146 valence electrons. The molecule has 7 nitrogen and oxygen atoms in total. The van der Waals surface area contributed by atoms with Gasteiger partial charge in [-0.15, -0.1) is 0 Å². The van der Waals surface area contributed by atoms with E-state index in [0.29, 0.717) is 29.0 Å². The van der Waals surface area contributed by atoms with Crippen LogP contribution in [0, 0.1) is 11.9 Å². The van der Waals surface area contributed by atoms with E-state index in [0.717, 1.165) is 5.52 Å². The average Bonchev–Trinajstić information content (AvgIpc) is 3.30. The quantitative estimate of drug-likeness (QED) is 0.682. The molecule has 3 heterocycles. The molecule has 1 N–H and O–H groups in total. The van der Waals surface area contributed by atoms with Crippen LogP contribution in [0.15, 0.2) is 24.7 Å². The predicted molar refractivity (Wildman–Crippen MR) is 102 cm³/mol. The molecule has 0 saturated heterocycles. The molecule has 1 aliphatic rings. The molecule has 2 atom stereocenters. The molecule has 1 amide bonds. The van der Waals surface area contributed by atoms with Crippen LogP contribution in [-0.2, 0) is 18.3 Å². The number of imidazole rings is 1. The van der Waals surface area contributed by atoms with Gasteiger partial charge in [0.2, 0.25) is 11.9 Å². The number of alkyl halides is 1. The van der Waals surface area contributed by atoms with E-state index in [9.17, 15) is 13.6 Å². The van der Waals surface area contributed by atoms with Crippen LogP contribution >= 0.6 is 0 Å². The summed E-state index contributed by atoms with van der Waals surface area (Å²) in [6.07, 6.45) is 2.62. The van der Waals surface area contributed by atoms with Crippen LogP contribution in [0.1, 0.15) is 18.9 Å². The van der Waals surface area contributed by atoms with Crippen LogP contribution in [0.2, 0.25) is 0 Å². The van der Waals surface area contributed by atoms with Gasteiger partial charge in [0.1, 0.15) is 17.5 Å². The first kappa shape index (κ1) is 18.3. The molecule has 1 saturated carbocycles. The van der Waals surface area contributed by atoms with Gasteiger partial charge in [0.15, 0.2) is 5.82 Å². The Bertz CT molecular complexity index is 1070. The van der Waals surface area contributed by atoms with Crippen LogP contribution < -0.4 is 10.2 Å². The third kappa shape index (κ3) is 3.06. The van der Waals surface area contributed by atoms with E-state index in [1.165, 1.54) is 6.20 Å². The Morgan fingerprint density at radius 3 is 2.86 bits per heavy atom. The summed E-state index contributed by atoms with van der Waals surface area (Å²) in [6, 6.07) is 3.53. The van der Waals surface area contributed by atoms with Crippen molar-refractivity contribution in [3.8, 4) is 0 Å². The van der Waals surface area contributed by atoms with Crippen LogP contribution in [-0.4, -0.2) is 38.6 Å². The van der Waals surface area contributed by atoms with Crippen LogP contribution in [0.3, 0.4) is 0 Å². The number of hydrogen-bond donors (Lipinski definition) is 1. The highest BCUT2D eigenvalue weighted by molar-refractivity contribution is 6.01. The normalized spacial score (nSPS) is 18.3. The molecule has 4 rings (SSSR count). The van der Waals surface area contributed by atoms with Crippen molar-refractivity contribution in [1.29, 1.82) is 0 Å². The largest absolute Gasteiger partial charge is 0.334 e. The topological polar surface area (TPSA) is 75.9 Å². The average molecular weight is 386 g/mol. The first-order chi connectivity index (χ1) is 13.4. The van der Waals surface area contributed by atoms with Gasteiger partial charge >= 0.3 is 0 Å². The molecular formula is C19H20F2N6O. The van der Waals surface area contributed by atoms with Crippen molar-refractivity contribution in [3.63, 3.8) is 0 Å². The van der Waals surface area contributed by atoms with Crippen molar-refractivity contribution in [2.24, 2.45) is 13.0 Å². The number of anilines is 3. The molecule has 0 spiro atoms. The van der Waals surface area contributed by atoms with E-state index in [2.05, 4.69) is 20.3 Å². The highest BCUT2D eigenvalue weighted by atomic mass is 19.1. The number of carbonyl (C=O) groups is 1. The summed E-state index contributed by atoms with van der Waals surface area (Å²) in [4.78, 5) is 26.5. The molecule has 3 aromatic rings. The maximum Gasteiger partial charge on any atom is 0.231 e. The third-order valence-corrected chi connectivity index (χ3v) is 5.03. The predicted octanol–water partition coefficient (Wildman–Crippen LogP) is 3.13. The Morgan fingerprint density at radius 1 is 1.43 bits per heavy atom. The molecule has 28 heavy (non-hydrogen) atoms. The lowest BCUT2D eigenvalue weighted by Gasteiger charge is -2.22. The maximum absolute atomic E-state index is 14.1. The van der Waals surface area contributed by atoms with Gasteiger partial charge in [-0.05, 0) is 18.9 Å². The number of nitrogens with zero attached hydrogens (tertiary/aromatic N) is 5. The fourth-order valence-corrected chi connectivity index (χ4v) is 3.24. The van der Waals surface area contributed by atoms with Gasteiger partial charge in [0.25, 0.3) is 0 Å². The number of pyridine rings is 2. The minimum Gasteiger partial charge on any atom is -0.334 e. The molecule has 3 aromatic heterocycles. The van der Waals surface area contributed by atoms with Crippen LogP contribution in [0.4, 0.5) is 26.1 Å². The molecule has 0 aromatic carbocycles. The summed E-state index contributed by atoms with van der Waals surface area (Å²) in [5, 5.41) is 2.70. The molecular weight excluding hydrogens is 366 g/mol. The second kappa shape index (κ2) is 6.81. The number of halogens is 2. The van der Waals surface area contributed by atoms with E-state index in [1.54, 1.807) is 28.9 Å². The van der Waals surface area contributed by atoms with Gasteiger partial charge in [-0.3, -0.25) is 4.79 Å². The molecule has 9 heteroatoms. The summed E-state index contributed by atoms with van der Waals surface area (Å²) in [5.41, 5.74) is 2.36. The van der Waals surface area contributed by atoms with Crippen molar-refractivity contribution in [1.82, 2.24) is 19.5 Å². The summed E-state index contributed by atoms with van der Waals surface area (Å²) < 4.78 is 29.2. The fourth-order valence-electron chi connectivity index (χ4n) is 3.24. The Balaban J connectivity index is 1.78. The zero-order valence-corrected chi connectivity index (χ0v) is 15.8. The summed E-state index contributed by atoms with van der Waals surface area (Å²) in [6.45, 7) is 1.85. The first-order valence-electron chi connectivity index (χ1n) is 9.04. The number of amides is 1. The molecule has 1 aliphatic carbocycles. The number of nitrogens with one attached hydrogen (secondary N) is 1. The second-order valence-corrected chi connectivity index (χ2v) is 6.91. The first-order valence-corrected chi connectivity index (χ1v) is 9.04. The van der Waals surface area contributed by atoms with Crippen molar-refractivity contribution in [2.75, 3.05) is 17.3 Å². The van der Waals surface area contributed by atoms with Crippen molar-refractivity contribution in [2.45, 2.75) is 25.9 Å². The van der Waals surface area contributed by atoms with Gasteiger partial charge in [-0.2, -0.15) is 4.39 Å². The van der Waals surface area contributed by atoms with Gasteiger partial charge in [-0.1, -0.05) is 6.92 Å². The van der Waals surface area contributed by atoms with E-state index in [-0.39, 0.29) is 12.2 Å².